The summed E-state index contributed by atoms with van der Waals surface area (Å²) in [5, 5.41) is 4.51. The van der Waals surface area contributed by atoms with E-state index in [-0.39, 0.29) is 0 Å². The first kappa shape index (κ1) is 13.0. The second-order valence-corrected chi connectivity index (χ2v) is 6.03. The first-order chi connectivity index (χ1) is 8.06. The van der Waals surface area contributed by atoms with E-state index < -0.39 is 0 Å². The lowest BCUT2D eigenvalue weighted by molar-refractivity contribution is 1.17. The molecule has 6 heteroatoms. The second kappa shape index (κ2) is 5.44. The van der Waals surface area contributed by atoms with Crippen molar-refractivity contribution in [1.82, 2.24) is 4.98 Å². The maximum absolute atomic E-state index is 6.09. The maximum Gasteiger partial charge on any atom is 0.183 e. The highest BCUT2D eigenvalue weighted by Gasteiger charge is 2.05. The average molecular weight is 308 g/mol. The maximum atomic E-state index is 6.09. The number of thiazole rings is 1. The standard InChI is InChI=1S/C11H9Cl3N2S/c1-6-2-10(9(13)3-8(6)12)15-4-7-5-16-11(14)17-7/h2-3,5,15H,4H2,1H3. The van der Waals surface area contributed by atoms with Gasteiger partial charge in [-0.1, -0.05) is 34.8 Å². The summed E-state index contributed by atoms with van der Waals surface area (Å²) < 4.78 is 0.542. The Kier molecular flexibility index (Phi) is 4.15. The zero-order valence-corrected chi connectivity index (χ0v) is 12.0. The second-order valence-electron chi connectivity index (χ2n) is 3.51. The summed E-state index contributed by atoms with van der Waals surface area (Å²) in [5.74, 6) is 0. The van der Waals surface area contributed by atoms with E-state index in [0.717, 1.165) is 16.1 Å². The van der Waals surface area contributed by atoms with E-state index in [0.29, 0.717) is 21.1 Å². The first-order valence-corrected chi connectivity index (χ1v) is 6.81. The number of nitrogens with one attached hydrogen (secondary N) is 1. The Morgan fingerprint density at radius 2 is 2.00 bits per heavy atom. The van der Waals surface area contributed by atoms with Crippen molar-refractivity contribution in [1.29, 1.82) is 0 Å². The molecule has 0 aliphatic rings. The summed E-state index contributed by atoms with van der Waals surface area (Å²) in [5.41, 5.74) is 1.85. The summed E-state index contributed by atoms with van der Waals surface area (Å²) in [6, 6.07) is 3.66. The van der Waals surface area contributed by atoms with Crippen LogP contribution in [0.3, 0.4) is 0 Å². The highest BCUT2D eigenvalue weighted by molar-refractivity contribution is 7.15. The minimum absolute atomic E-state index is 0.542. The Morgan fingerprint density at radius 3 is 2.65 bits per heavy atom. The molecule has 0 radical (unpaired) electrons. The minimum Gasteiger partial charge on any atom is -0.379 e. The van der Waals surface area contributed by atoms with Crippen molar-refractivity contribution in [2.75, 3.05) is 5.32 Å². The van der Waals surface area contributed by atoms with Gasteiger partial charge in [-0.15, -0.1) is 11.3 Å². The van der Waals surface area contributed by atoms with Gasteiger partial charge in [0.15, 0.2) is 4.47 Å². The van der Waals surface area contributed by atoms with Crippen molar-refractivity contribution < 1.29 is 0 Å². The van der Waals surface area contributed by atoms with Crippen LogP contribution in [-0.2, 0) is 6.54 Å². The molecule has 90 valence electrons. The van der Waals surface area contributed by atoms with Crippen LogP contribution in [0.2, 0.25) is 14.5 Å². The highest BCUT2D eigenvalue weighted by atomic mass is 35.5. The Bertz CT molecular complexity index is 540. The summed E-state index contributed by atoms with van der Waals surface area (Å²) in [6.07, 6.45) is 1.75. The number of hydrogen-bond acceptors (Lipinski definition) is 3. The van der Waals surface area contributed by atoms with Crippen LogP contribution in [0.5, 0.6) is 0 Å². The normalized spacial score (nSPS) is 10.6. The molecule has 2 aromatic rings. The van der Waals surface area contributed by atoms with Crippen molar-refractivity contribution in [2.24, 2.45) is 0 Å². The summed E-state index contributed by atoms with van der Waals surface area (Å²) in [7, 11) is 0. The lowest BCUT2D eigenvalue weighted by atomic mass is 10.2. The van der Waals surface area contributed by atoms with Gasteiger partial charge in [0.2, 0.25) is 0 Å². The zero-order valence-electron chi connectivity index (χ0n) is 8.93. The Morgan fingerprint density at radius 1 is 1.24 bits per heavy atom. The molecule has 0 aliphatic carbocycles. The third-order valence-electron chi connectivity index (χ3n) is 2.23. The molecule has 1 heterocycles. The molecule has 1 N–H and O–H groups in total. The molecule has 2 nitrogen and oxygen atoms in total. The fourth-order valence-corrected chi connectivity index (χ4v) is 2.71. The Balaban J connectivity index is 2.11. The molecule has 17 heavy (non-hydrogen) atoms. The number of halogens is 3. The fourth-order valence-electron chi connectivity index (χ4n) is 1.34. The van der Waals surface area contributed by atoms with Crippen LogP contribution < -0.4 is 5.32 Å². The van der Waals surface area contributed by atoms with Gasteiger partial charge in [-0.25, -0.2) is 4.98 Å². The van der Waals surface area contributed by atoms with Gasteiger partial charge in [-0.05, 0) is 24.6 Å². The molecule has 0 saturated heterocycles. The number of aromatic nitrogens is 1. The third kappa shape index (κ3) is 3.26. The van der Waals surface area contributed by atoms with E-state index in [1.54, 1.807) is 12.3 Å². The van der Waals surface area contributed by atoms with Gasteiger partial charge in [0.05, 0.1) is 17.3 Å². The van der Waals surface area contributed by atoms with Gasteiger partial charge < -0.3 is 5.32 Å². The molecular formula is C11H9Cl3N2S. The van der Waals surface area contributed by atoms with E-state index in [1.165, 1.54) is 11.3 Å². The van der Waals surface area contributed by atoms with Crippen LogP contribution in [0.1, 0.15) is 10.4 Å². The molecule has 0 unspecified atom stereocenters. The van der Waals surface area contributed by atoms with Crippen LogP contribution in [0.15, 0.2) is 18.3 Å². The van der Waals surface area contributed by atoms with Gasteiger partial charge in [-0.2, -0.15) is 0 Å². The first-order valence-electron chi connectivity index (χ1n) is 4.86. The van der Waals surface area contributed by atoms with Gasteiger partial charge >= 0.3 is 0 Å². The minimum atomic E-state index is 0.542. The van der Waals surface area contributed by atoms with Gasteiger partial charge in [0.25, 0.3) is 0 Å². The van der Waals surface area contributed by atoms with E-state index in [2.05, 4.69) is 10.3 Å². The van der Waals surface area contributed by atoms with Crippen molar-refractivity contribution >= 4 is 51.8 Å². The van der Waals surface area contributed by atoms with Gasteiger partial charge in [-0.3, -0.25) is 0 Å². The third-order valence-corrected chi connectivity index (χ3v) is 4.06. The number of aryl methyl sites for hydroxylation is 1. The number of anilines is 1. The molecule has 0 spiro atoms. The van der Waals surface area contributed by atoms with E-state index in [4.69, 9.17) is 34.8 Å². The van der Waals surface area contributed by atoms with E-state index in [1.807, 2.05) is 13.0 Å². The van der Waals surface area contributed by atoms with Crippen molar-refractivity contribution in [2.45, 2.75) is 13.5 Å². The zero-order chi connectivity index (χ0) is 12.4. The van der Waals surface area contributed by atoms with E-state index in [9.17, 15) is 0 Å². The molecule has 1 aromatic carbocycles. The van der Waals surface area contributed by atoms with Gasteiger partial charge in [0, 0.05) is 16.1 Å². The number of benzene rings is 1. The SMILES string of the molecule is Cc1cc(NCc2cnc(Cl)s2)c(Cl)cc1Cl. The number of rotatable bonds is 3. The molecule has 1 aromatic heterocycles. The average Bonchev–Trinajstić information content (AvgIpc) is 2.68. The largest absolute Gasteiger partial charge is 0.379 e. The monoisotopic (exact) mass is 306 g/mol. The summed E-state index contributed by atoms with van der Waals surface area (Å²) in [4.78, 5) is 5.03. The van der Waals surface area contributed by atoms with Crippen molar-refractivity contribution in [3.05, 3.63) is 43.3 Å². The van der Waals surface area contributed by atoms with Crippen LogP contribution >= 0.6 is 46.1 Å². The van der Waals surface area contributed by atoms with Gasteiger partial charge in [0.1, 0.15) is 0 Å². The van der Waals surface area contributed by atoms with Crippen LogP contribution in [0.4, 0.5) is 5.69 Å². The van der Waals surface area contributed by atoms with Crippen LogP contribution in [0, 0.1) is 6.92 Å². The smallest absolute Gasteiger partial charge is 0.183 e. The lowest BCUT2D eigenvalue weighted by Gasteiger charge is -2.09. The van der Waals surface area contributed by atoms with E-state index >= 15 is 0 Å². The molecule has 0 aliphatic heterocycles. The van der Waals surface area contributed by atoms with Crippen LogP contribution in [0.25, 0.3) is 0 Å². The Hall–Kier alpha value is -0.480. The Labute approximate surface area is 119 Å². The topological polar surface area (TPSA) is 24.9 Å². The van der Waals surface area contributed by atoms with Crippen molar-refractivity contribution in [3.63, 3.8) is 0 Å². The molecule has 2 rings (SSSR count). The fraction of sp³-hybridized carbons (Fsp3) is 0.182. The molecular weight excluding hydrogens is 299 g/mol. The predicted octanol–water partition coefficient (Wildman–Crippen LogP) is 5.02. The highest BCUT2D eigenvalue weighted by Crippen LogP contribution is 2.29. The predicted molar refractivity (Wildman–Crippen MR) is 75.6 cm³/mol. The molecule has 0 amide bonds. The lowest BCUT2D eigenvalue weighted by Crippen LogP contribution is -1.98. The molecule has 0 atom stereocenters. The molecule has 0 saturated carbocycles. The number of nitrogens with zero attached hydrogens (tertiary/aromatic N) is 1. The quantitative estimate of drug-likeness (QED) is 0.861. The van der Waals surface area contributed by atoms with Crippen LogP contribution in [-0.4, -0.2) is 4.98 Å². The molecule has 0 bridgehead atoms. The summed E-state index contributed by atoms with van der Waals surface area (Å²) >= 11 is 19.3. The summed E-state index contributed by atoms with van der Waals surface area (Å²) in [6.45, 7) is 2.58. The molecule has 0 fully saturated rings. The van der Waals surface area contributed by atoms with Crippen molar-refractivity contribution in [3.8, 4) is 0 Å². The number of hydrogen-bond donors (Lipinski definition) is 1.